The fraction of sp³-hybridized carbons (Fsp3) is 0.500. The Morgan fingerprint density at radius 1 is 1.32 bits per heavy atom. The molecule has 1 saturated carbocycles. The van der Waals surface area contributed by atoms with Crippen molar-refractivity contribution in [1.29, 1.82) is 0 Å². The van der Waals surface area contributed by atoms with Gasteiger partial charge in [0, 0.05) is 24.6 Å². The molecule has 5 nitrogen and oxygen atoms in total. The smallest absolute Gasteiger partial charge is 0.254 e. The molecule has 0 aromatic heterocycles. The van der Waals surface area contributed by atoms with Crippen LogP contribution in [0.15, 0.2) is 18.2 Å². The van der Waals surface area contributed by atoms with Crippen molar-refractivity contribution in [3.8, 4) is 5.75 Å². The Hall–Kier alpha value is -2.11. The number of amides is 2. The standard InChI is InChI=1S/C16H19FN2O3/c1-22-14-7-11(5-6-13(14)17)16(21)19-8-12(9-19)18-15(20)10-3-2-4-10/h5-7,10,12H,2-4,8-9H2,1H3,(H,18,20). The van der Waals surface area contributed by atoms with E-state index < -0.39 is 5.82 Å². The maximum Gasteiger partial charge on any atom is 0.254 e. The third-order valence-corrected chi connectivity index (χ3v) is 4.39. The molecule has 22 heavy (non-hydrogen) atoms. The van der Waals surface area contributed by atoms with Crippen molar-refractivity contribution in [2.75, 3.05) is 20.2 Å². The third-order valence-electron chi connectivity index (χ3n) is 4.39. The lowest BCUT2D eigenvalue weighted by Gasteiger charge is -2.40. The van der Waals surface area contributed by atoms with Crippen LogP contribution in [0, 0.1) is 11.7 Å². The van der Waals surface area contributed by atoms with Crippen LogP contribution in [0.5, 0.6) is 5.75 Å². The van der Waals surface area contributed by atoms with Crippen molar-refractivity contribution < 1.29 is 18.7 Å². The molecule has 1 aromatic rings. The highest BCUT2D eigenvalue weighted by Crippen LogP contribution is 2.27. The van der Waals surface area contributed by atoms with Crippen molar-refractivity contribution in [2.24, 2.45) is 5.92 Å². The van der Waals surface area contributed by atoms with E-state index in [2.05, 4.69) is 5.32 Å². The number of nitrogens with zero attached hydrogens (tertiary/aromatic N) is 1. The average Bonchev–Trinajstić information content (AvgIpc) is 2.40. The fourth-order valence-electron chi connectivity index (χ4n) is 2.70. The van der Waals surface area contributed by atoms with Crippen LogP contribution in [0.4, 0.5) is 4.39 Å². The zero-order valence-corrected chi connectivity index (χ0v) is 12.5. The minimum absolute atomic E-state index is 0.0272. The van der Waals surface area contributed by atoms with Crippen LogP contribution in [0.3, 0.4) is 0 Å². The van der Waals surface area contributed by atoms with Gasteiger partial charge in [0.2, 0.25) is 5.91 Å². The van der Waals surface area contributed by atoms with E-state index in [4.69, 9.17) is 4.74 Å². The number of carbonyl (C=O) groups excluding carboxylic acids is 2. The summed E-state index contributed by atoms with van der Waals surface area (Å²) in [6, 6.07) is 4.10. The Balaban J connectivity index is 1.53. The SMILES string of the molecule is COc1cc(C(=O)N2CC(NC(=O)C3CCC3)C2)ccc1F. The summed E-state index contributed by atoms with van der Waals surface area (Å²) in [4.78, 5) is 25.7. The highest BCUT2D eigenvalue weighted by molar-refractivity contribution is 5.95. The molecule has 1 heterocycles. The monoisotopic (exact) mass is 306 g/mol. The maximum atomic E-state index is 13.4. The van der Waals surface area contributed by atoms with Crippen LogP contribution in [0.2, 0.25) is 0 Å². The first kappa shape index (κ1) is 14.8. The topological polar surface area (TPSA) is 58.6 Å². The molecule has 0 atom stereocenters. The Morgan fingerprint density at radius 2 is 2.05 bits per heavy atom. The molecule has 2 aliphatic rings. The summed E-state index contributed by atoms with van der Waals surface area (Å²) in [5, 5.41) is 2.97. The second-order valence-electron chi connectivity index (χ2n) is 5.89. The Labute approximate surface area is 128 Å². The van der Waals surface area contributed by atoms with E-state index in [1.807, 2.05) is 0 Å². The number of rotatable bonds is 4. The van der Waals surface area contributed by atoms with E-state index >= 15 is 0 Å². The molecule has 0 radical (unpaired) electrons. The molecule has 1 saturated heterocycles. The highest BCUT2D eigenvalue weighted by atomic mass is 19.1. The zero-order valence-electron chi connectivity index (χ0n) is 12.5. The van der Waals surface area contributed by atoms with Crippen molar-refractivity contribution in [2.45, 2.75) is 25.3 Å². The van der Waals surface area contributed by atoms with Gasteiger partial charge in [-0.25, -0.2) is 4.39 Å². The fourth-order valence-corrected chi connectivity index (χ4v) is 2.70. The van der Waals surface area contributed by atoms with Crippen molar-refractivity contribution in [3.63, 3.8) is 0 Å². The van der Waals surface area contributed by atoms with Gasteiger partial charge in [-0.1, -0.05) is 6.42 Å². The lowest BCUT2D eigenvalue weighted by molar-refractivity contribution is -0.129. The third kappa shape index (κ3) is 2.77. The summed E-state index contributed by atoms with van der Waals surface area (Å²) in [7, 11) is 1.36. The number of ether oxygens (including phenoxy) is 1. The van der Waals surface area contributed by atoms with Gasteiger partial charge >= 0.3 is 0 Å². The Bertz CT molecular complexity index is 595. The minimum Gasteiger partial charge on any atom is -0.494 e. The van der Waals surface area contributed by atoms with Gasteiger partial charge in [0.15, 0.2) is 11.6 Å². The lowest BCUT2D eigenvalue weighted by atomic mass is 9.84. The van der Waals surface area contributed by atoms with Crippen LogP contribution in [-0.4, -0.2) is 43.0 Å². The highest BCUT2D eigenvalue weighted by Gasteiger charge is 2.35. The van der Waals surface area contributed by atoms with E-state index in [1.165, 1.54) is 25.3 Å². The van der Waals surface area contributed by atoms with Gasteiger partial charge < -0.3 is 15.0 Å². The van der Waals surface area contributed by atoms with Crippen LogP contribution in [0.25, 0.3) is 0 Å². The molecular formula is C16H19FN2O3. The van der Waals surface area contributed by atoms with Gasteiger partial charge in [-0.2, -0.15) is 0 Å². The Kier molecular flexibility index (Phi) is 4.00. The molecule has 0 spiro atoms. The van der Waals surface area contributed by atoms with Crippen LogP contribution in [-0.2, 0) is 4.79 Å². The van der Waals surface area contributed by atoms with Crippen molar-refractivity contribution in [3.05, 3.63) is 29.6 Å². The Morgan fingerprint density at radius 3 is 2.64 bits per heavy atom. The second-order valence-corrected chi connectivity index (χ2v) is 5.89. The first-order valence-corrected chi connectivity index (χ1v) is 7.51. The van der Waals surface area contributed by atoms with Crippen LogP contribution >= 0.6 is 0 Å². The predicted octanol–water partition coefficient (Wildman–Crippen LogP) is 1.57. The van der Waals surface area contributed by atoms with E-state index in [-0.39, 0.29) is 29.5 Å². The molecule has 118 valence electrons. The number of likely N-dealkylation sites (tertiary alicyclic amines) is 1. The molecule has 3 rings (SSSR count). The summed E-state index contributed by atoms with van der Waals surface area (Å²) in [5.74, 6) is -0.347. The average molecular weight is 306 g/mol. The normalized spacial score (nSPS) is 18.4. The summed E-state index contributed by atoms with van der Waals surface area (Å²) >= 11 is 0. The zero-order chi connectivity index (χ0) is 15.7. The maximum absolute atomic E-state index is 13.4. The van der Waals surface area contributed by atoms with Gasteiger partial charge in [0.05, 0.1) is 13.2 Å². The van der Waals surface area contributed by atoms with Crippen LogP contribution < -0.4 is 10.1 Å². The number of benzene rings is 1. The molecule has 2 fully saturated rings. The van der Waals surface area contributed by atoms with E-state index in [0.29, 0.717) is 18.7 Å². The molecule has 6 heteroatoms. The molecule has 1 aliphatic carbocycles. The number of halogens is 1. The number of nitrogens with one attached hydrogen (secondary N) is 1. The molecule has 0 bridgehead atoms. The first-order chi connectivity index (χ1) is 10.6. The van der Waals surface area contributed by atoms with Gasteiger partial charge in [-0.15, -0.1) is 0 Å². The molecule has 1 N–H and O–H groups in total. The predicted molar refractivity (Wildman–Crippen MR) is 78.1 cm³/mol. The molecule has 1 aliphatic heterocycles. The molecule has 0 unspecified atom stereocenters. The van der Waals surface area contributed by atoms with Gasteiger partial charge in [-0.3, -0.25) is 9.59 Å². The first-order valence-electron chi connectivity index (χ1n) is 7.51. The van der Waals surface area contributed by atoms with E-state index in [1.54, 1.807) is 4.90 Å². The number of hydrogen-bond acceptors (Lipinski definition) is 3. The number of methoxy groups -OCH3 is 1. The summed E-state index contributed by atoms with van der Waals surface area (Å²) < 4.78 is 18.2. The quantitative estimate of drug-likeness (QED) is 0.919. The largest absolute Gasteiger partial charge is 0.494 e. The van der Waals surface area contributed by atoms with Crippen LogP contribution in [0.1, 0.15) is 29.6 Å². The van der Waals surface area contributed by atoms with Gasteiger partial charge in [0.1, 0.15) is 0 Å². The summed E-state index contributed by atoms with van der Waals surface area (Å²) in [6.45, 7) is 0.994. The molecule has 2 amide bonds. The van der Waals surface area contributed by atoms with Crippen molar-refractivity contribution >= 4 is 11.8 Å². The summed E-state index contributed by atoms with van der Waals surface area (Å²) in [5.41, 5.74) is 0.391. The van der Waals surface area contributed by atoms with E-state index in [0.717, 1.165) is 19.3 Å². The molecule has 1 aromatic carbocycles. The lowest BCUT2D eigenvalue weighted by Crippen LogP contribution is -2.61. The number of hydrogen-bond donors (Lipinski definition) is 1. The van der Waals surface area contributed by atoms with Gasteiger partial charge in [-0.05, 0) is 31.0 Å². The summed E-state index contributed by atoms with van der Waals surface area (Å²) in [6.07, 6.45) is 3.06. The second kappa shape index (κ2) is 5.94. The van der Waals surface area contributed by atoms with Crippen molar-refractivity contribution in [1.82, 2.24) is 10.2 Å². The van der Waals surface area contributed by atoms with E-state index in [9.17, 15) is 14.0 Å². The number of carbonyl (C=O) groups is 2. The minimum atomic E-state index is -0.492. The molecular weight excluding hydrogens is 287 g/mol. The van der Waals surface area contributed by atoms with Gasteiger partial charge in [0.25, 0.3) is 5.91 Å².